The van der Waals surface area contributed by atoms with Gasteiger partial charge in [-0.3, -0.25) is 9.59 Å². The lowest BCUT2D eigenvalue weighted by atomic mass is 10.0. The minimum atomic E-state index is -0.818. The van der Waals surface area contributed by atoms with Gasteiger partial charge in [0.25, 0.3) is 5.91 Å². The maximum atomic E-state index is 12.1. The first-order valence-electron chi connectivity index (χ1n) is 7.31. The van der Waals surface area contributed by atoms with E-state index in [2.05, 4.69) is 10.6 Å². The van der Waals surface area contributed by atoms with Crippen LogP contribution in [0.25, 0.3) is 0 Å². The molecule has 22 heavy (non-hydrogen) atoms. The molecule has 0 bridgehead atoms. The highest BCUT2D eigenvalue weighted by Crippen LogP contribution is 2.26. The Morgan fingerprint density at radius 3 is 2.82 bits per heavy atom. The van der Waals surface area contributed by atoms with Crippen molar-refractivity contribution in [3.63, 3.8) is 0 Å². The van der Waals surface area contributed by atoms with Crippen LogP contribution in [-0.4, -0.2) is 37.7 Å². The van der Waals surface area contributed by atoms with Gasteiger partial charge in [0, 0.05) is 6.61 Å². The Morgan fingerprint density at radius 2 is 2.18 bits per heavy atom. The number of methoxy groups -OCH3 is 1. The van der Waals surface area contributed by atoms with E-state index in [-0.39, 0.29) is 18.4 Å². The lowest BCUT2D eigenvalue weighted by molar-refractivity contribution is -0.140. The number of nitrogens with one attached hydrogen (secondary N) is 2. The predicted octanol–water partition coefficient (Wildman–Crippen LogP) is 1.63. The maximum absolute atomic E-state index is 12.1. The molecule has 2 rings (SSSR count). The normalized spacial score (nSPS) is 20.5. The molecule has 6 nitrogen and oxygen atoms in total. The van der Waals surface area contributed by atoms with Gasteiger partial charge in [-0.25, -0.2) is 0 Å². The highest BCUT2D eigenvalue weighted by atomic mass is 16.5. The number of carbonyl (C=O) groups excluding carboxylic acids is 2. The van der Waals surface area contributed by atoms with Crippen molar-refractivity contribution in [2.45, 2.75) is 32.3 Å². The van der Waals surface area contributed by atoms with Crippen molar-refractivity contribution in [3.8, 4) is 5.75 Å². The Balaban J connectivity index is 1.91. The van der Waals surface area contributed by atoms with Crippen molar-refractivity contribution in [2.75, 3.05) is 25.6 Å². The van der Waals surface area contributed by atoms with Gasteiger partial charge < -0.3 is 20.1 Å². The molecule has 0 unspecified atom stereocenters. The summed E-state index contributed by atoms with van der Waals surface area (Å²) in [6.07, 6.45) is 1.53. The van der Waals surface area contributed by atoms with Crippen LogP contribution in [0.1, 0.15) is 25.3 Å². The first-order valence-corrected chi connectivity index (χ1v) is 7.31. The number of aryl methyl sites for hydroxylation is 1. The van der Waals surface area contributed by atoms with E-state index in [0.29, 0.717) is 24.5 Å². The molecular weight excluding hydrogens is 284 g/mol. The molecule has 1 heterocycles. The molecule has 6 heteroatoms. The zero-order valence-corrected chi connectivity index (χ0v) is 13.2. The zero-order valence-electron chi connectivity index (χ0n) is 13.2. The number of benzene rings is 1. The molecule has 1 atom stereocenters. The number of rotatable bonds is 5. The highest BCUT2D eigenvalue weighted by Gasteiger charge is 2.37. The summed E-state index contributed by atoms with van der Waals surface area (Å²) in [7, 11) is 1.54. The van der Waals surface area contributed by atoms with Crippen LogP contribution >= 0.6 is 0 Å². The van der Waals surface area contributed by atoms with Crippen molar-refractivity contribution >= 4 is 17.5 Å². The Labute approximate surface area is 130 Å². The summed E-state index contributed by atoms with van der Waals surface area (Å²) < 4.78 is 10.6. The summed E-state index contributed by atoms with van der Waals surface area (Å²) in [6, 6.07) is 5.51. The van der Waals surface area contributed by atoms with E-state index >= 15 is 0 Å². The quantitative estimate of drug-likeness (QED) is 0.867. The fourth-order valence-electron chi connectivity index (χ4n) is 2.42. The van der Waals surface area contributed by atoms with Gasteiger partial charge in [0.1, 0.15) is 11.4 Å². The van der Waals surface area contributed by atoms with E-state index in [1.165, 1.54) is 0 Å². The monoisotopic (exact) mass is 306 g/mol. The molecular formula is C16H22N2O4. The van der Waals surface area contributed by atoms with Gasteiger partial charge in [-0.2, -0.15) is 0 Å². The third-order valence-electron chi connectivity index (χ3n) is 3.74. The minimum Gasteiger partial charge on any atom is -0.495 e. The second-order valence-electron chi connectivity index (χ2n) is 5.62. The lowest BCUT2D eigenvalue weighted by Gasteiger charge is -2.21. The van der Waals surface area contributed by atoms with Gasteiger partial charge in [0.05, 0.1) is 19.3 Å². The van der Waals surface area contributed by atoms with Gasteiger partial charge in [-0.05, 0) is 44.4 Å². The molecule has 1 fully saturated rings. The molecule has 1 aromatic carbocycles. The van der Waals surface area contributed by atoms with Gasteiger partial charge in [-0.15, -0.1) is 0 Å². The third kappa shape index (κ3) is 3.76. The summed E-state index contributed by atoms with van der Waals surface area (Å²) in [6.45, 7) is 4.15. The van der Waals surface area contributed by atoms with E-state index in [1.807, 2.05) is 19.1 Å². The molecule has 120 valence electrons. The average Bonchev–Trinajstić information content (AvgIpc) is 2.93. The molecule has 0 saturated carbocycles. The molecule has 0 spiro atoms. The topological polar surface area (TPSA) is 76.7 Å². The van der Waals surface area contributed by atoms with E-state index < -0.39 is 5.60 Å². The van der Waals surface area contributed by atoms with Crippen LogP contribution in [-0.2, 0) is 14.3 Å². The Bertz CT molecular complexity index is 565. The van der Waals surface area contributed by atoms with Gasteiger partial charge in [0.2, 0.25) is 5.91 Å². The Kier molecular flexibility index (Phi) is 5.03. The molecule has 0 aromatic heterocycles. The van der Waals surface area contributed by atoms with E-state index in [9.17, 15) is 9.59 Å². The number of ether oxygens (including phenoxy) is 2. The Morgan fingerprint density at radius 1 is 1.41 bits per heavy atom. The molecule has 1 aromatic rings. The summed E-state index contributed by atoms with van der Waals surface area (Å²) in [5, 5.41) is 5.36. The molecule has 0 radical (unpaired) electrons. The highest BCUT2D eigenvalue weighted by molar-refractivity contribution is 5.96. The Hall–Kier alpha value is -2.08. The van der Waals surface area contributed by atoms with Gasteiger partial charge >= 0.3 is 0 Å². The minimum absolute atomic E-state index is 0.102. The summed E-state index contributed by atoms with van der Waals surface area (Å²) >= 11 is 0. The zero-order chi connectivity index (χ0) is 16.2. The largest absolute Gasteiger partial charge is 0.495 e. The van der Waals surface area contributed by atoms with Crippen molar-refractivity contribution in [2.24, 2.45) is 0 Å². The van der Waals surface area contributed by atoms with Crippen LogP contribution in [0.2, 0.25) is 0 Å². The molecule has 1 aliphatic rings. The molecule has 1 aliphatic heterocycles. The summed E-state index contributed by atoms with van der Waals surface area (Å²) in [5.41, 5.74) is 0.776. The standard InChI is InChI=1S/C16H22N2O4/c1-11-5-6-13(21-3)12(9-11)18-14(19)10-17-15(20)16(2)7-4-8-22-16/h5-6,9H,4,7-8,10H2,1-3H3,(H,17,20)(H,18,19)/t16-/m1/s1. The molecule has 2 amide bonds. The lowest BCUT2D eigenvalue weighted by Crippen LogP contribution is -2.46. The SMILES string of the molecule is COc1ccc(C)cc1NC(=O)CNC(=O)[C@@]1(C)CCCO1. The molecule has 1 saturated heterocycles. The number of hydrogen-bond acceptors (Lipinski definition) is 4. The van der Waals surface area contributed by atoms with E-state index in [0.717, 1.165) is 12.0 Å². The first-order chi connectivity index (χ1) is 10.4. The van der Waals surface area contributed by atoms with Crippen molar-refractivity contribution in [1.29, 1.82) is 0 Å². The van der Waals surface area contributed by atoms with Crippen molar-refractivity contribution < 1.29 is 19.1 Å². The van der Waals surface area contributed by atoms with Crippen LogP contribution in [0.4, 0.5) is 5.69 Å². The van der Waals surface area contributed by atoms with Crippen LogP contribution < -0.4 is 15.4 Å². The van der Waals surface area contributed by atoms with Crippen molar-refractivity contribution in [3.05, 3.63) is 23.8 Å². The second-order valence-corrected chi connectivity index (χ2v) is 5.62. The van der Waals surface area contributed by atoms with E-state index in [1.54, 1.807) is 20.1 Å². The number of hydrogen-bond donors (Lipinski definition) is 2. The van der Waals surface area contributed by atoms with Crippen molar-refractivity contribution in [1.82, 2.24) is 5.32 Å². The third-order valence-corrected chi connectivity index (χ3v) is 3.74. The van der Waals surface area contributed by atoms with Gasteiger partial charge in [-0.1, -0.05) is 6.07 Å². The predicted molar refractivity (Wildman–Crippen MR) is 83.0 cm³/mol. The summed E-state index contributed by atoms with van der Waals surface area (Å²) in [4.78, 5) is 24.1. The van der Waals surface area contributed by atoms with E-state index in [4.69, 9.17) is 9.47 Å². The second kappa shape index (κ2) is 6.79. The van der Waals surface area contributed by atoms with Crippen LogP contribution in [0, 0.1) is 6.92 Å². The van der Waals surface area contributed by atoms with Crippen LogP contribution in [0.15, 0.2) is 18.2 Å². The smallest absolute Gasteiger partial charge is 0.252 e. The number of anilines is 1. The number of amides is 2. The molecule has 0 aliphatic carbocycles. The number of carbonyl (C=O) groups is 2. The van der Waals surface area contributed by atoms with Crippen LogP contribution in [0.5, 0.6) is 5.75 Å². The molecule has 2 N–H and O–H groups in total. The van der Waals surface area contributed by atoms with Gasteiger partial charge in [0.15, 0.2) is 0 Å². The fraction of sp³-hybridized carbons (Fsp3) is 0.500. The summed E-state index contributed by atoms with van der Waals surface area (Å²) in [5.74, 6) is 0.0200. The van der Waals surface area contributed by atoms with Crippen LogP contribution in [0.3, 0.4) is 0 Å². The average molecular weight is 306 g/mol. The first kappa shape index (κ1) is 16.3. The fourth-order valence-corrected chi connectivity index (χ4v) is 2.42. The maximum Gasteiger partial charge on any atom is 0.252 e.